The van der Waals surface area contributed by atoms with E-state index in [4.69, 9.17) is 18.9 Å². The molecule has 0 bridgehead atoms. The second-order valence-electron chi connectivity index (χ2n) is 7.06. The number of aliphatic imine (C=N–C) groups is 1. The number of morpholine rings is 1. The van der Waals surface area contributed by atoms with Crippen LogP contribution in [0.25, 0.3) is 0 Å². The summed E-state index contributed by atoms with van der Waals surface area (Å²) in [6.45, 7) is 4.74. The van der Waals surface area contributed by atoms with Crippen LogP contribution in [0.5, 0.6) is 17.2 Å². The summed E-state index contributed by atoms with van der Waals surface area (Å²) in [5.41, 5.74) is 1.25. The third-order valence-electron chi connectivity index (χ3n) is 5.01. The summed E-state index contributed by atoms with van der Waals surface area (Å²) in [6.07, 6.45) is 0. The van der Waals surface area contributed by atoms with Gasteiger partial charge < -0.3 is 24.3 Å². The smallest absolute Gasteiger partial charge is 0.258 e. The summed E-state index contributed by atoms with van der Waals surface area (Å²) in [4.78, 5) is 19.7. The monoisotopic (exact) mass is 426 g/mol. The first-order chi connectivity index (χ1) is 15.2. The highest BCUT2D eigenvalue weighted by atomic mass is 16.7. The van der Waals surface area contributed by atoms with Crippen molar-refractivity contribution in [3.63, 3.8) is 0 Å². The molecule has 1 fully saturated rings. The first-order valence-corrected chi connectivity index (χ1v) is 10.2. The van der Waals surface area contributed by atoms with Gasteiger partial charge in [0, 0.05) is 30.9 Å². The topological polar surface area (TPSA) is 93.7 Å². The lowest BCUT2D eigenvalue weighted by Gasteiger charge is -2.25. The van der Waals surface area contributed by atoms with Gasteiger partial charge in [-0.25, -0.2) is 0 Å². The van der Waals surface area contributed by atoms with Crippen LogP contribution in [-0.4, -0.2) is 70.1 Å². The number of nitrogens with one attached hydrogen (secondary N) is 2. The van der Waals surface area contributed by atoms with Crippen LogP contribution in [0.1, 0.15) is 10.4 Å². The summed E-state index contributed by atoms with van der Waals surface area (Å²) in [6, 6.07) is 12.5. The Morgan fingerprint density at radius 3 is 2.65 bits per heavy atom. The van der Waals surface area contributed by atoms with Crippen molar-refractivity contribution in [1.29, 1.82) is 0 Å². The van der Waals surface area contributed by atoms with Gasteiger partial charge in [-0.15, -0.1) is 0 Å². The predicted octanol–water partition coefficient (Wildman–Crippen LogP) is 1.95. The Morgan fingerprint density at radius 2 is 1.87 bits per heavy atom. The molecular weight excluding hydrogens is 400 g/mol. The maximum absolute atomic E-state index is 12.8. The Morgan fingerprint density at radius 1 is 1.10 bits per heavy atom. The van der Waals surface area contributed by atoms with Gasteiger partial charge in [0.05, 0.1) is 26.9 Å². The standard InChI is InChI=1S/C22H26N4O5/c1-28-18-5-3-17(4-6-18)24-22(23-8-9-26-10-12-29-13-11-26)25-21(27)16-2-7-19-20(14-16)31-15-30-19/h2-7,14H,8-13,15H2,1H3,(H2,23,24,25,27). The van der Waals surface area contributed by atoms with Crippen molar-refractivity contribution in [1.82, 2.24) is 10.2 Å². The molecule has 0 saturated carbocycles. The molecule has 0 aromatic heterocycles. The number of rotatable bonds is 6. The van der Waals surface area contributed by atoms with Crippen LogP contribution < -0.4 is 24.8 Å². The average Bonchev–Trinajstić information content (AvgIpc) is 3.28. The lowest BCUT2D eigenvalue weighted by Crippen LogP contribution is -2.39. The Hall–Kier alpha value is -3.30. The van der Waals surface area contributed by atoms with Crippen LogP contribution in [0.4, 0.5) is 5.69 Å². The van der Waals surface area contributed by atoms with Crippen LogP contribution in [0.2, 0.25) is 0 Å². The van der Waals surface area contributed by atoms with E-state index in [0.717, 1.165) is 44.3 Å². The van der Waals surface area contributed by atoms with Gasteiger partial charge in [0.15, 0.2) is 11.5 Å². The Labute approximate surface area is 180 Å². The van der Waals surface area contributed by atoms with Gasteiger partial charge in [0.25, 0.3) is 5.91 Å². The van der Waals surface area contributed by atoms with Gasteiger partial charge in [0.2, 0.25) is 12.8 Å². The first-order valence-electron chi connectivity index (χ1n) is 10.2. The zero-order valence-electron chi connectivity index (χ0n) is 17.4. The number of anilines is 1. The number of benzene rings is 2. The van der Waals surface area contributed by atoms with E-state index in [-0.39, 0.29) is 12.7 Å². The van der Waals surface area contributed by atoms with Crippen LogP contribution in [0.15, 0.2) is 47.5 Å². The molecule has 9 nitrogen and oxygen atoms in total. The normalized spacial score (nSPS) is 16.1. The zero-order valence-corrected chi connectivity index (χ0v) is 17.4. The number of carbonyl (C=O) groups excluding carboxylic acids is 1. The van der Waals surface area contributed by atoms with Crippen molar-refractivity contribution < 1.29 is 23.7 Å². The van der Waals surface area contributed by atoms with Crippen molar-refractivity contribution in [3.05, 3.63) is 48.0 Å². The molecule has 9 heteroatoms. The molecule has 2 aromatic rings. The lowest BCUT2D eigenvalue weighted by atomic mass is 10.2. The predicted molar refractivity (Wildman–Crippen MR) is 116 cm³/mol. The molecule has 0 unspecified atom stereocenters. The van der Waals surface area contributed by atoms with Crippen molar-refractivity contribution in [2.75, 3.05) is 58.6 Å². The van der Waals surface area contributed by atoms with Gasteiger partial charge in [-0.1, -0.05) is 0 Å². The lowest BCUT2D eigenvalue weighted by molar-refractivity contribution is 0.0394. The van der Waals surface area contributed by atoms with Crippen molar-refractivity contribution in [2.24, 2.45) is 4.99 Å². The molecule has 31 heavy (non-hydrogen) atoms. The molecule has 1 amide bonds. The fraction of sp³-hybridized carbons (Fsp3) is 0.364. The van der Waals surface area contributed by atoms with E-state index >= 15 is 0 Å². The molecular formula is C22H26N4O5. The molecule has 1 saturated heterocycles. The van der Waals surface area contributed by atoms with E-state index in [1.165, 1.54) is 0 Å². The van der Waals surface area contributed by atoms with Crippen LogP contribution in [-0.2, 0) is 4.74 Å². The number of fused-ring (bicyclic) bond motifs is 1. The molecule has 164 valence electrons. The number of hydrogen-bond acceptors (Lipinski definition) is 7. The van der Waals surface area contributed by atoms with Gasteiger partial charge in [-0.2, -0.15) is 0 Å². The Balaban J connectivity index is 1.44. The number of hydrogen-bond donors (Lipinski definition) is 2. The number of carbonyl (C=O) groups is 1. The fourth-order valence-corrected chi connectivity index (χ4v) is 3.27. The van der Waals surface area contributed by atoms with E-state index in [9.17, 15) is 4.79 Å². The maximum Gasteiger partial charge on any atom is 0.258 e. The molecule has 2 aliphatic heterocycles. The fourth-order valence-electron chi connectivity index (χ4n) is 3.27. The summed E-state index contributed by atoms with van der Waals surface area (Å²) in [5.74, 6) is 2.03. The summed E-state index contributed by atoms with van der Waals surface area (Å²) < 4.78 is 21.3. The summed E-state index contributed by atoms with van der Waals surface area (Å²) >= 11 is 0. The molecule has 4 rings (SSSR count). The minimum Gasteiger partial charge on any atom is -0.497 e. The zero-order chi connectivity index (χ0) is 21.5. The van der Waals surface area contributed by atoms with E-state index in [1.54, 1.807) is 25.3 Å². The van der Waals surface area contributed by atoms with E-state index in [2.05, 4.69) is 20.5 Å². The molecule has 2 aromatic carbocycles. The van der Waals surface area contributed by atoms with E-state index < -0.39 is 0 Å². The molecule has 0 atom stereocenters. The van der Waals surface area contributed by atoms with Gasteiger partial charge in [-0.05, 0) is 42.5 Å². The Kier molecular flexibility index (Phi) is 6.85. The van der Waals surface area contributed by atoms with Gasteiger partial charge in [-0.3, -0.25) is 20.0 Å². The maximum atomic E-state index is 12.8. The van der Waals surface area contributed by atoms with Crippen LogP contribution in [0, 0.1) is 0 Å². The van der Waals surface area contributed by atoms with Crippen LogP contribution in [0.3, 0.4) is 0 Å². The summed E-state index contributed by atoms with van der Waals surface area (Å²) in [7, 11) is 1.62. The third-order valence-corrected chi connectivity index (χ3v) is 5.01. The molecule has 0 spiro atoms. The molecule has 0 radical (unpaired) electrons. The highest BCUT2D eigenvalue weighted by Crippen LogP contribution is 2.32. The molecule has 2 aliphatic rings. The number of amides is 1. The third kappa shape index (κ3) is 5.65. The first kappa shape index (κ1) is 21.0. The van der Waals surface area contributed by atoms with E-state index in [1.807, 2.05) is 24.3 Å². The minimum atomic E-state index is -0.288. The highest BCUT2D eigenvalue weighted by molar-refractivity contribution is 6.10. The van der Waals surface area contributed by atoms with E-state index in [0.29, 0.717) is 29.6 Å². The quantitative estimate of drug-likeness (QED) is 0.539. The van der Waals surface area contributed by atoms with Gasteiger partial charge >= 0.3 is 0 Å². The number of methoxy groups -OCH3 is 1. The number of nitrogens with zero attached hydrogens (tertiary/aromatic N) is 2. The average molecular weight is 426 g/mol. The molecule has 2 heterocycles. The second-order valence-corrected chi connectivity index (χ2v) is 7.06. The Bertz CT molecular complexity index is 926. The van der Waals surface area contributed by atoms with Crippen molar-refractivity contribution in [2.45, 2.75) is 0 Å². The SMILES string of the molecule is COc1ccc(NC(=NCCN2CCOCC2)NC(=O)c2ccc3c(c2)OCO3)cc1. The van der Waals surface area contributed by atoms with Crippen molar-refractivity contribution >= 4 is 17.6 Å². The highest BCUT2D eigenvalue weighted by Gasteiger charge is 2.17. The van der Waals surface area contributed by atoms with Crippen LogP contribution >= 0.6 is 0 Å². The summed E-state index contributed by atoms with van der Waals surface area (Å²) in [5, 5.41) is 6.05. The minimum absolute atomic E-state index is 0.160. The van der Waals surface area contributed by atoms with Crippen molar-refractivity contribution in [3.8, 4) is 17.2 Å². The molecule has 2 N–H and O–H groups in total. The molecule has 0 aliphatic carbocycles. The van der Waals surface area contributed by atoms with Gasteiger partial charge in [0.1, 0.15) is 5.75 Å². The number of ether oxygens (including phenoxy) is 4. The second kappa shape index (κ2) is 10.1. The number of guanidine groups is 1. The largest absolute Gasteiger partial charge is 0.497 e.